The van der Waals surface area contributed by atoms with E-state index < -0.39 is 0 Å². The van der Waals surface area contributed by atoms with Gasteiger partial charge in [-0.2, -0.15) is 5.10 Å². The van der Waals surface area contributed by atoms with Crippen molar-refractivity contribution in [2.45, 2.75) is 26.2 Å². The van der Waals surface area contributed by atoms with Gasteiger partial charge in [-0.05, 0) is 23.6 Å². The lowest BCUT2D eigenvalue weighted by molar-refractivity contribution is 0.320. The maximum Gasteiger partial charge on any atom is 0.145 e. The zero-order valence-electron chi connectivity index (χ0n) is 10.8. The molecule has 2 aromatic rings. The number of aromatic amines is 1. The number of anilines is 1. The van der Waals surface area contributed by atoms with Gasteiger partial charge in [0.2, 0.25) is 0 Å². The standard InChI is InChI=1S/C14H19N3O/c1-10(2)11-4-3-5-13(8-11)18-7-6-12-9-14(15)17-16-12/h3-5,8-10H,6-7H2,1-2H3,(H3,15,16,17). The van der Waals surface area contributed by atoms with Crippen molar-refractivity contribution in [1.82, 2.24) is 10.2 Å². The molecule has 0 radical (unpaired) electrons. The highest BCUT2D eigenvalue weighted by atomic mass is 16.5. The lowest BCUT2D eigenvalue weighted by atomic mass is 10.0. The van der Waals surface area contributed by atoms with Crippen molar-refractivity contribution in [2.24, 2.45) is 0 Å². The Labute approximate surface area is 107 Å². The van der Waals surface area contributed by atoms with Crippen LogP contribution < -0.4 is 10.5 Å². The van der Waals surface area contributed by atoms with Gasteiger partial charge in [0.1, 0.15) is 11.6 Å². The number of nitrogens with one attached hydrogen (secondary N) is 1. The minimum atomic E-state index is 0.515. The number of rotatable bonds is 5. The van der Waals surface area contributed by atoms with E-state index in [0.29, 0.717) is 18.3 Å². The lowest BCUT2D eigenvalue weighted by Crippen LogP contribution is -2.02. The normalized spacial score (nSPS) is 10.8. The Morgan fingerprint density at radius 2 is 2.17 bits per heavy atom. The first-order chi connectivity index (χ1) is 8.65. The molecule has 4 heteroatoms. The van der Waals surface area contributed by atoms with E-state index in [2.05, 4.69) is 36.2 Å². The van der Waals surface area contributed by atoms with E-state index in [1.54, 1.807) is 0 Å². The van der Waals surface area contributed by atoms with E-state index in [0.717, 1.165) is 17.9 Å². The molecular weight excluding hydrogens is 226 g/mol. The van der Waals surface area contributed by atoms with Crippen LogP contribution in [0.1, 0.15) is 31.0 Å². The van der Waals surface area contributed by atoms with Gasteiger partial charge in [0, 0.05) is 18.2 Å². The van der Waals surface area contributed by atoms with Crippen LogP contribution in [0.4, 0.5) is 5.82 Å². The van der Waals surface area contributed by atoms with Crippen molar-refractivity contribution in [3.05, 3.63) is 41.6 Å². The number of nitrogens with two attached hydrogens (primary N) is 1. The number of hydrogen-bond donors (Lipinski definition) is 2. The smallest absolute Gasteiger partial charge is 0.145 e. The Morgan fingerprint density at radius 1 is 1.33 bits per heavy atom. The van der Waals surface area contributed by atoms with E-state index in [1.165, 1.54) is 5.56 Å². The van der Waals surface area contributed by atoms with Crippen LogP contribution in [0, 0.1) is 0 Å². The zero-order chi connectivity index (χ0) is 13.0. The van der Waals surface area contributed by atoms with Crippen molar-refractivity contribution >= 4 is 5.82 Å². The number of benzene rings is 1. The topological polar surface area (TPSA) is 63.9 Å². The second kappa shape index (κ2) is 5.58. The molecule has 0 fully saturated rings. The van der Waals surface area contributed by atoms with Gasteiger partial charge in [0.25, 0.3) is 0 Å². The van der Waals surface area contributed by atoms with E-state index in [9.17, 15) is 0 Å². The summed E-state index contributed by atoms with van der Waals surface area (Å²) in [7, 11) is 0. The van der Waals surface area contributed by atoms with Crippen molar-refractivity contribution in [3.63, 3.8) is 0 Å². The highest BCUT2D eigenvalue weighted by Crippen LogP contribution is 2.20. The monoisotopic (exact) mass is 245 g/mol. The molecule has 0 aliphatic rings. The maximum absolute atomic E-state index is 5.72. The van der Waals surface area contributed by atoms with Gasteiger partial charge in [-0.1, -0.05) is 26.0 Å². The molecule has 2 rings (SSSR count). The van der Waals surface area contributed by atoms with E-state index >= 15 is 0 Å². The van der Waals surface area contributed by atoms with Gasteiger partial charge >= 0.3 is 0 Å². The van der Waals surface area contributed by atoms with E-state index in [4.69, 9.17) is 10.5 Å². The van der Waals surface area contributed by atoms with Crippen LogP contribution in [-0.2, 0) is 6.42 Å². The van der Waals surface area contributed by atoms with Gasteiger partial charge in [-0.25, -0.2) is 0 Å². The average molecular weight is 245 g/mol. The molecule has 4 nitrogen and oxygen atoms in total. The Morgan fingerprint density at radius 3 is 2.83 bits per heavy atom. The summed E-state index contributed by atoms with van der Waals surface area (Å²) in [5.74, 6) is 1.95. The van der Waals surface area contributed by atoms with Crippen LogP contribution in [0.25, 0.3) is 0 Å². The largest absolute Gasteiger partial charge is 0.493 e. The first kappa shape index (κ1) is 12.5. The fourth-order valence-corrected chi connectivity index (χ4v) is 1.75. The first-order valence-corrected chi connectivity index (χ1v) is 6.17. The fourth-order valence-electron chi connectivity index (χ4n) is 1.75. The molecule has 1 aromatic carbocycles. The summed E-state index contributed by atoms with van der Waals surface area (Å²) in [6, 6.07) is 10.0. The minimum Gasteiger partial charge on any atom is -0.493 e. The van der Waals surface area contributed by atoms with Crippen LogP contribution >= 0.6 is 0 Å². The second-order valence-corrected chi connectivity index (χ2v) is 4.64. The van der Waals surface area contributed by atoms with E-state index in [-0.39, 0.29) is 0 Å². The third kappa shape index (κ3) is 3.26. The molecule has 1 heterocycles. The quantitative estimate of drug-likeness (QED) is 0.851. The molecule has 0 atom stereocenters. The van der Waals surface area contributed by atoms with E-state index in [1.807, 2.05) is 18.2 Å². The highest BCUT2D eigenvalue weighted by Gasteiger charge is 2.02. The average Bonchev–Trinajstić information content (AvgIpc) is 2.75. The maximum atomic E-state index is 5.72. The Bertz CT molecular complexity index is 505. The SMILES string of the molecule is CC(C)c1cccc(OCCc2cc(N)n[nH]2)c1. The number of aromatic nitrogens is 2. The summed E-state index contributed by atoms with van der Waals surface area (Å²) in [6.07, 6.45) is 0.774. The lowest BCUT2D eigenvalue weighted by Gasteiger charge is -2.09. The second-order valence-electron chi connectivity index (χ2n) is 4.64. The van der Waals surface area contributed by atoms with Crippen molar-refractivity contribution in [1.29, 1.82) is 0 Å². The van der Waals surface area contributed by atoms with Crippen molar-refractivity contribution in [2.75, 3.05) is 12.3 Å². The Hall–Kier alpha value is -1.97. The number of hydrogen-bond acceptors (Lipinski definition) is 3. The minimum absolute atomic E-state index is 0.515. The molecule has 0 unspecified atom stereocenters. The molecule has 0 amide bonds. The van der Waals surface area contributed by atoms with Gasteiger partial charge in [0.05, 0.1) is 6.61 Å². The summed E-state index contributed by atoms with van der Waals surface area (Å²) >= 11 is 0. The summed E-state index contributed by atoms with van der Waals surface area (Å²) in [5.41, 5.74) is 7.81. The van der Waals surface area contributed by atoms with Gasteiger partial charge in [-0.3, -0.25) is 5.10 Å². The molecule has 0 saturated carbocycles. The molecule has 3 N–H and O–H groups in total. The number of nitrogens with zero attached hydrogens (tertiary/aromatic N) is 1. The number of ether oxygens (including phenoxy) is 1. The number of nitrogen functional groups attached to an aromatic ring is 1. The molecule has 1 aromatic heterocycles. The molecule has 0 spiro atoms. The Kier molecular flexibility index (Phi) is 3.87. The van der Waals surface area contributed by atoms with Crippen LogP contribution in [0.2, 0.25) is 0 Å². The van der Waals surface area contributed by atoms with Gasteiger partial charge in [-0.15, -0.1) is 0 Å². The fraction of sp³-hybridized carbons (Fsp3) is 0.357. The van der Waals surface area contributed by atoms with Crippen LogP contribution in [0.5, 0.6) is 5.75 Å². The van der Waals surface area contributed by atoms with Crippen LogP contribution in [0.3, 0.4) is 0 Å². The summed E-state index contributed by atoms with van der Waals surface area (Å²) in [6.45, 7) is 4.96. The van der Waals surface area contributed by atoms with Crippen molar-refractivity contribution < 1.29 is 4.74 Å². The summed E-state index contributed by atoms with van der Waals surface area (Å²) in [4.78, 5) is 0. The zero-order valence-corrected chi connectivity index (χ0v) is 10.8. The van der Waals surface area contributed by atoms with Gasteiger partial charge < -0.3 is 10.5 Å². The molecule has 0 aliphatic carbocycles. The number of H-pyrrole nitrogens is 1. The molecule has 0 saturated heterocycles. The molecule has 18 heavy (non-hydrogen) atoms. The molecule has 0 aliphatic heterocycles. The molecule has 0 bridgehead atoms. The van der Waals surface area contributed by atoms with Gasteiger partial charge in [0.15, 0.2) is 0 Å². The van der Waals surface area contributed by atoms with Crippen LogP contribution in [0.15, 0.2) is 30.3 Å². The predicted molar refractivity (Wildman–Crippen MR) is 72.7 cm³/mol. The Balaban J connectivity index is 1.88. The molecule has 96 valence electrons. The predicted octanol–water partition coefficient (Wildman–Crippen LogP) is 2.74. The highest BCUT2D eigenvalue weighted by molar-refractivity contribution is 5.31. The third-order valence-electron chi connectivity index (χ3n) is 2.82. The molecular formula is C14H19N3O. The van der Waals surface area contributed by atoms with Crippen molar-refractivity contribution in [3.8, 4) is 5.75 Å². The summed E-state index contributed by atoms with van der Waals surface area (Å²) in [5, 5.41) is 6.74. The first-order valence-electron chi connectivity index (χ1n) is 6.17. The third-order valence-corrected chi connectivity index (χ3v) is 2.82. The summed E-state index contributed by atoms with van der Waals surface area (Å²) < 4.78 is 5.72. The van der Waals surface area contributed by atoms with Crippen LogP contribution in [-0.4, -0.2) is 16.8 Å².